The molecule has 0 saturated carbocycles. The van der Waals surface area contributed by atoms with Gasteiger partial charge < -0.3 is 0 Å². The van der Waals surface area contributed by atoms with E-state index in [9.17, 15) is 0 Å². The molecule has 0 amide bonds. The van der Waals surface area contributed by atoms with E-state index in [1.807, 2.05) is 18.2 Å². The second kappa shape index (κ2) is 4.72. The van der Waals surface area contributed by atoms with Gasteiger partial charge in [0.15, 0.2) is 0 Å². The average molecular weight is 170 g/mol. The van der Waals surface area contributed by atoms with E-state index in [0.29, 0.717) is 11.7 Å². The van der Waals surface area contributed by atoms with Gasteiger partial charge in [0.1, 0.15) is 0 Å². The van der Waals surface area contributed by atoms with E-state index < -0.39 is 0 Å². The fourth-order valence-corrected chi connectivity index (χ4v) is 1.32. The highest BCUT2D eigenvalue weighted by molar-refractivity contribution is 6.47. The molecule has 2 heteroatoms. The summed E-state index contributed by atoms with van der Waals surface area (Å²) in [6, 6.07) is 10.3. The molecule has 0 heterocycles. The maximum atomic E-state index is 8.53. The zero-order valence-corrected chi connectivity index (χ0v) is 8.07. The van der Waals surface area contributed by atoms with Gasteiger partial charge in [-0.2, -0.15) is 7.28 Å². The van der Waals surface area contributed by atoms with Gasteiger partial charge in [0, 0.05) is 0 Å². The summed E-state index contributed by atoms with van der Waals surface area (Å²) in [7, 11) is 1.69. The molecule has 1 aromatic carbocycles. The molecular formula is C11H13BN-. The third-order valence-electron chi connectivity index (χ3n) is 2.45. The fourth-order valence-electron chi connectivity index (χ4n) is 1.32. The van der Waals surface area contributed by atoms with E-state index in [2.05, 4.69) is 31.9 Å². The molecule has 0 N–H and O–H groups in total. The van der Waals surface area contributed by atoms with Crippen LogP contribution < -0.4 is 0 Å². The first kappa shape index (κ1) is 9.86. The van der Waals surface area contributed by atoms with Crippen molar-refractivity contribution in [3.05, 3.63) is 35.9 Å². The molecule has 0 saturated heterocycles. The van der Waals surface area contributed by atoms with Gasteiger partial charge in [-0.25, -0.2) is 11.8 Å². The van der Waals surface area contributed by atoms with Crippen molar-refractivity contribution in [1.82, 2.24) is 0 Å². The summed E-state index contributed by atoms with van der Waals surface area (Å²) in [6.07, 6.45) is 0. The summed E-state index contributed by atoms with van der Waals surface area (Å²) in [5, 5.41) is 8.53. The molecule has 0 aliphatic heterocycles. The largest absolute Gasteiger partial charge is 0.257 e. The minimum atomic E-state index is 0.312. The molecule has 2 atom stereocenters. The van der Waals surface area contributed by atoms with Crippen molar-refractivity contribution in [3.8, 4) is 5.97 Å². The molecule has 1 rings (SSSR count). The molecule has 1 nitrogen and oxygen atoms in total. The Bertz CT molecular complexity index is 289. The van der Waals surface area contributed by atoms with Gasteiger partial charge in [0.25, 0.3) is 0 Å². The highest BCUT2D eigenvalue weighted by Gasteiger charge is 2.04. The molecule has 0 bridgehead atoms. The van der Waals surface area contributed by atoms with Crippen LogP contribution in [0, 0.1) is 11.2 Å². The van der Waals surface area contributed by atoms with Crippen molar-refractivity contribution in [2.45, 2.75) is 25.6 Å². The first-order valence-electron chi connectivity index (χ1n) is 4.53. The maximum Gasteiger partial charge on any atom is -0.0483 e. The van der Waals surface area contributed by atoms with Crippen molar-refractivity contribution in [3.63, 3.8) is 0 Å². The normalized spacial score (nSPS) is 14.5. The lowest BCUT2D eigenvalue weighted by Gasteiger charge is -2.26. The summed E-state index contributed by atoms with van der Waals surface area (Å²) in [4.78, 5) is 0. The predicted molar refractivity (Wildman–Crippen MR) is 55.6 cm³/mol. The van der Waals surface area contributed by atoms with Crippen LogP contribution in [0.3, 0.4) is 0 Å². The monoisotopic (exact) mass is 170 g/mol. The van der Waals surface area contributed by atoms with Crippen LogP contribution in [0.15, 0.2) is 30.3 Å². The third-order valence-corrected chi connectivity index (χ3v) is 2.45. The van der Waals surface area contributed by atoms with Crippen LogP contribution in [0.25, 0.3) is 0 Å². The SMILES string of the molecule is CC([B-]C#N)C(C)c1ccccc1. The quantitative estimate of drug-likeness (QED) is 0.639. The Morgan fingerprint density at radius 1 is 1.23 bits per heavy atom. The standard InChI is InChI=1S/C11H13BN/c1-9(10(2)12-8-13)11-6-4-3-5-7-11/h3-7,9-10H,1-2H3/q-1. The number of hydrogen-bond donors (Lipinski definition) is 0. The van der Waals surface area contributed by atoms with E-state index in [4.69, 9.17) is 5.26 Å². The lowest BCUT2D eigenvalue weighted by atomic mass is 9.61. The lowest BCUT2D eigenvalue weighted by Crippen LogP contribution is -2.06. The summed E-state index contributed by atoms with van der Waals surface area (Å²) in [5.74, 6) is 2.82. The third kappa shape index (κ3) is 2.63. The molecule has 0 spiro atoms. The number of nitrogens with zero attached hydrogens (tertiary/aromatic N) is 1. The topological polar surface area (TPSA) is 23.8 Å². The van der Waals surface area contributed by atoms with Gasteiger partial charge in [0.05, 0.1) is 0 Å². The molecular weight excluding hydrogens is 157 g/mol. The first-order valence-corrected chi connectivity index (χ1v) is 4.53. The highest BCUT2D eigenvalue weighted by atomic mass is 14.2. The van der Waals surface area contributed by atoms with Crippen molar-refractivity contribution < 1.29 is 0 Å². The van der Waals surface area contributed by atoms with Crippen LogP contribution in [-0.2, 0) is 0 Å². The second-order valence-electron chi connectivity index (χ2n) is 3.35. The molecule has 2 radical (unpaired) electrons. The van der Waals surface area contributed by atoms with Crippen LogP contribution in [0.1, 0.15) is 25.3 Å². The van der Waals surface area contributed by atoms with E-state index >= 15 is 0 Å². The highest BCUT2D eigenvalue weighted by Crippen LogP contribution is 2.26. The van der Waals surface area contributed by atoms with Crippen molar-refractivity contribution in [2.24, 2.45) is 0 Å². The minimum absolute atomic E-state index is 0.312. The minimum Gasteiger partial charge on any atom is -0.257 e. The summed E-state index contributed by atoms with van der Waals surface area (Å²) in [6.45, 7) is 4.22. The molecule has 13 heavy (non-hydrogen) atoms. The lowest BCUT2D eigenvalue weighted by molar-refractivity contribution is 0.727. The Balaban J connectivity index is 2.69. The van der Waals surface area contributed by atoms with Crippen LogP contribution in [0.2, 0.25) is 5.82 Å². The first-order chi connectivity index (χ1) is 6.25. The Labute approximate surface area is 80.6 Å². The Morgan fingerprint density at radius 3 is 2.38 bits per heavy atom. The summed E-state index contributed by atoms with van der Waals surface area (Å²) >= 11 is 0. The van der Waals surface area contributed by atoms with Crippen LogP contribution in [-0.4, -0.2) is 7.28 Å². The van der Waals surface area contributed by atoms with Gasteiger partial charge in [-0.1, -0.05) is 50.1 Å². The van der Waals surface area contributed by atoms with Gasteiger partial charge in [0.2, 0.25) is 0 Å². The molecule has 0 aliphatic carbocycles. The molecule has 66 valence electrons. The zero-order valence-electron chi connectivity index (χ0n) is 8.07. The van der Waals surface area contributed by atoms with Crippen molar-refractivity contribution in [2.75, 3.05) is 0 Å². The molecule has 0 aliphatic rings. The predicted octanol–water partition coefficient (Wildman–Crippen LogP) is 2.78. The van der Waals surface area contributed by atoms with Gasteiger partial charge in [-0.3, -0.25) is 5.26 Å². The molecule has 1 aromatic rings. The Kier molecular flexibility index (Phi) is 3.58. The number of rotatable bonds is 3. The zero-order chi connectivity index (χ0) is 9.68. The van der Waals surface area contributed by atoms with Crippen LogP contribution in [0.5, 0.6) is 0 Å². The van der Waals surface area contributed by atoms with Gasteiger partial charge in [-0.05, 0) is 5.56 Å². The van der Waals surface area contributed by atoms with E-state index in [1.54, 1.807) is 7.28 Å². The van der Waals surface area contributed by atoms with Crippen LogP contribution in [0.4, 0.5) is 0 Å². The van der Waals surface area contributed by atoms with E-state index in [1.165, 1.54) is 5.56 Å². The molecule has 0 aromatic heterocycles. The number of nitriles is 1. The van der Waals surface area contributed by atoms with Gasteiger partial charge >= 0.3 is 0 Å². The number of benzene rings is 1. The summed E-state index contributed by atoms with van der Waals surface area (Å²) in [5.41, 5.74) is 1.29. The maximum absolute atomic E-state index is 8.53. The average Bonchev–Trinajstić information content (AvgIpc) is 2.18. The van der Waals surface area contributed by atoms with Crippen molar-refractivity contribution >= 4 is 7.28 Å². The van der Waals surface area contributed by atoms with Gasteiger partial charge in [-0.15, -0.1) is 0 Å². The smallest absolute Gasteiger partial charge is 0.0483 e. The fraction of sp³-hybridized carbons (Fsp3) is 0.364. The number of hydrogen-bond acceptors (Lipinski definition) is 1. The Hall–Kier alpha value is -1.23. The van der Waals surface area contributed by atoms with E-state index in [0.717, 1.165) is 0 Å². The van der Waals surface area contributed by atoms with Crippen molar-refractivity contribution in [1.29, 1.82) is 5.26 Å². The van der Waals surface area contributed by atoms with Crippen LogP contribution >= 0.6 is 0 Å². The summed E-state index contributed by atoms with van der Waals surface area (Å²) < 4.78 is 0. The second-order valence-corrected chi connectivity index (χ2v) is 3.35. The Morgan fingerprint density at radius 2 is 1.85 bits per heavy atom. The van der Waals surface area contributed by atoms with E-state index in [-0.39, 0.29) is 0 Å². The molecule has 0 fully saturated rings. The molecule has 2 unspecified atom stereocenters.